The van der Waals surface area contributed by atoms with Gasteiger partial charge >= 0.3 is 5.97 Å². The van der Waals surface area contributed by atoms with Gasteiger partial charge in [0.05, 0.1) is 0 Å². The molecule has 2 unspecified atom stereocenters. The molecule has 4 nitrogen and oxygen atoms in total. The Morgan fingerprint density at radius 3 is 2.90 bits per heavy atom. The van der Waals surface area contributed by atoms with Gasteiger partial charge in [0.1, 0.15) is 12.6 Å². The molecule has 0 fully saturated rings. The molecule has 0 bridgehead atoms. The van der Waals surface area contributed by atoms with Crippen molar-refractivity contribution >= 4 is 5.97 Å². The summed E-state index contributed by atoms with van der Waals surface area (Å²) in [6.07, 6.45) is 5.15. The Balaban J connectivity index is 1.90. The molecule has 0 saturated heterocycles. The van der Waals surface area contributed by atoms with Crippen molar-refractivity contribution in [2.45, 2.75) is 32.0 Å². The van der Waals surface area contributed by atoms with Crippen LogP contribution in [0.5, 0.6) is 0 Å². The number of nitrogens with zero attached hydrogens (tertiary/aromatic N) is 1. The quantitative estimate of drug-likeness (QED) is 0.656. The second kappa shape index (κ2) is 7.22. The van der Waals surface area contributed by atoms with Gasteiger partial charge in [0.2, 0.25) is 0 Å². The topological polar surface area (TPSA) is 55.6 Å². The van der Waals surface area contributed by atoms with E-state index in [1.54, 1.807) is 0 Å². The Bertz CT molecular complexity index is 459. The number of hydrogen-bond acceptors (Lipinski definition) is 4. The highest BCUT2D eigenvalue weighted by molar-refractivity contribution is 5.75. The van der Waals surface area contributed by atoms with Crippen LogP contribution in [0.2, 0.25) is 0 Å². The number of carbonyl (C=O) groups is 1. The zero-order valence-electron chi connectivity index (χ0n) is 11.9. The van der Waals surface area contributed by atoms with Crippen LogP contribution in [0, 0.1) is 0 Å². The normalized spacial score (nSPS) is 20.6. The Morgan fingerprint density at radius 2 is 2.20 bits per heavy atom. The van der Waals surface area contributed by atoms with Gasteiger partial charge in [0.15, 0.2) is 0 Å². The first-order valence-electron chi connectivity index (χ1n) is 7.05. The Hall–Kier alpha value is -1.65. The van der Waals surface area contributed by atoms with E-state index in [0.717, 1.165) is 18.5 Å². The van der Waals surface area contributed by atoms with Gasteiger partial charge in [0, 0.05) is 19.1 Å². The van der Waals surface area contributed by atoms with Crippen molar-refractivity contribution in [2.75, 3.05) is 13.1 Å². The third kappa shape index (κ3) is 3.68. The molecule has 4 heteroatoms. The van der Waals surface area contributed by atoms with Crippen LogP contribution in [0.25, 0.3) is 0 Å². The standard InChI is InChI=1S/C16H22N2O2/c1-13(18-10-6-5-9-15(18)11-17)16(19)20-12-14-7-3-2-4-8-14/h2-5,7-9,13,15H,6,10-12,17H2,1H3. The minimum Gasteiger partial charge on any atom is -0.460 e. The number of ether oxygens (including phenoxy) is 1. The van der Waals surface area contributed by atoms with Gasteiger partial charge in [0.25, 0.3) is 0 Å². The number of carbonyl (C=O) groups excluding carboxylic acids is 1. The number of nitrogens with two attached hydrogens (primary N) is 1. The summed E-state index contributed by atoms with van der Waals surface area (Å²) in [5, 5.41) is 0. The fourth-order valence-electron chi connectivity index (χ4n) is 2.43. The molecule has 0 saturated carbocycles. The van der Waals surface area contributed by atoms with Gasteiger partial charge in [-0.05, 0) is 18.9 Å². The van der Waals surface area contributed by atoms with E-state index < -0.39 is 0 Å². The lowest BCUT2D eigenvalue weighted by atomic mass is 10.1. The summed E-state index contributed by atoms with van der Waals surface area (Å²) in [7, 11) is 0. The average molecular weight is 274 g/mol. The molecule has 0 aliphatic carbocycles. The molecule has 0 aromatic heterocycles. The third-order valence-electron chi connectivity index (χ3n) is 3.64. The monoisotopic (exact) mass is 274 g/mol. The van der Waals surface area contributed by atoms with E-state index in [4.69, 9.17) is 10.5 Å². The molecular weight excluding hydrogens is 252 g/mol. The second-order valence-electron chi connectivity index (χ2n) is 5.03. The van der Waals surface area contributed by atoms with E-state index in [0.29, 0.717) is 13.2 Å². The predicted octanol–water partition coefficient (Wildman–Crippen LogP) is 1.71. The van der Waals surface area contributed by atoms with Crippen LogP contribution in [-0.2, 0) is 16.1 Å². The van der Waals surface area contributed by atoms with Crippen LogP contribution in [0.4, 0.5) is 0 Å². The van der Waals surface area contributed by atoms with E-state index in [-0.39, 0.29) is 18.1 Å². The highest BCUT2D eigenvalue weighted by Gasteiger charge is 2.28. The molecule has 0 spiro atoms. The zero-order chi connectivity index (χ0) is 14.4. The molecule has 108 valence electrons. The van der Waals surface area contributed by atoms with Gasteiger partial charge in [-0.3, -0.25) is 9.69 Å². The Kier molecular flexibility index (Phi) is 5.32. The number of hydrogen-bond donors (Lipinski definition) is 1. The molecule has 20 heavy (non-hydrogen) atoms. The maximum Gasteiger partial charge on any atom is 0.323 e. The summed E-state index contributed by atoms with van der Waals surface area (Å²) in [5.74, 6) is -0.192. The van der Waals surface area contributed by atoms with Crippen LogP contribution < -0.4 is 5.73 Å². The molecule has 0 amide bonds. The summed E-state index contributed by atoms with van der Waals surface area (Å²) in [4.78, 5) is 14.3. The molecule has 1 aromatic rings. The Labute approximate surface area is 120 Å². The van der Waals surface area contributed by atoms with Crippen molar-refractivity contribution in [1.82, 2.24) is 4.90 Å². The third-order valence-corrected chi connectivity index (χ3v) is 3.64. The van der Waals surface area contributed by atoms with E-state index >= 15 is 0 Å². The molecule has 2 N–H and O–H groups in total. The van der Waals surface area contributed by atoms with Crippen molar-refractivity contribution in [3.8, 4) is 0 Å². The van der Waals surface area contributed by atoms with Crippen LogP contribution in [0.1, 0.15) is 18.9 Å². The first-order chi connectivity index (χ1) is 9.72. The minimum atomic E-state index is -0.266. The lowest BCUT2D eigenvalue weighted by Gasteiger charge is -2.35. The van der Waals surface area contributed by atoms with E-state index in [1.807, 2.05) is 37.3 Å². The highest BCUT2D eigenvalue weighted by atomic mass is 16.5. The van der Waals surface area contributed by atoms with Crippen molar-refractivity contribution in [3.63, 3.8) is 0 Å². The van der Waals surface area contributed by atoms with Crippen LogP contribution in [0.15, 0.2) is 42.5 Å². The van der Waals surface area contributed by atoms with Gasteiger partial charge in [-0.15, -0.1) is 0 Å². The van der Waals surface area contributed by atoms with Gasteiger partial charge < -0.3 is 10.5 Å². The number of benzene rings is 1. The number of rotatable bonds is 5. The Morgan fingerprint density at radius 1 is 1.45 bits per heavy atom. The van der Waals surface area contributed by atoms with Crippen molar-refractivity contribution in [1.29, 1.82) is 0 Å². The first-order valence-corrected chi connectivity index (χ1v) is 7.05. The summed E-state index contributed by atoms with van der Waals surface area (Å²) in [5.41, 5.74) is 6.75. The fraction of sp³-hybridized carbons (Fsp3) is 0.438. The van der Waals surface area contributed by atoms with Gasteiger partial charge in [-0.2, -0.15) is 0 Å². The van der Waals surface area contributed by atoms with E-state index in [9.17, 15) is 4.79 Å². The van der Waals surface area contributed by atoms with Crippen LogP contribution in [0.3, 0.4) is 0 Å². The maximum absolute atomic E-state index is 12.1. The molecular formula is C16H22N2O2. The molecule has 1 aromatic carbocycles. The minimum absolute atomic E-state index is 0.128. The van der Waals surface area contributed by atoms with E-state index in [1.165, 1.54) is 0 Å². The lowest BCUT2D eigenvalue weighted by Crippen LogP contribution is -2.50. The fourth-order valence-corrected chi connectivity index (χ4v) is 2.43. The average Bonchev–Trinajstić information content (AvgIpc) is 2.52. The molecule has 1 aliphatic rings. The second-order valence-corrected chi connectivity index (χ2v) is 5.03. The van der Waals surface area contributed by atoms with Crippen molar-refractivity contribution in [3.05, 3.63) is 48.0 Å². The lowest BCUT2D eigenvalue weighted by molar-refractivity contribution is -0.151. The van der Waals surface area contributed by atoms with Crippen molar-refractivity contribution < 1.29 is 9.53 Å². The van der Waals surface area contributed by atoms with Gasteiger partial charge in [-0.25, -0.2) is 0 Å². The van der Waals surface area contributed by atoms with Crippen LogP contribution >= 0.6 is 0 Å². The van der Waals surface area contributed by atoms with Crippen LogP contribution in [-0.4, -0.2) is 36.0 Å². The first kappa shape index (κ1) is 14.8. The van der Waals surface area contributed by atoms with Crippen molar-refractivity contribution in [2.24, 2.45) is 5.73 Å². The molecule has 2 atom stereocenters. The summed E-state index contributed by atoms with van der Waals surface area (Å²) in [6, 6.07) is 9.58. The summed E-state index contributed by atoms with van der Waals surface area (Å²) in [6.45, 7) is 3.57. The molecule has 1 aliphatic heterocycles. The highest BCUT2D eigenvalue weighted by Crippen LogP contribution is 2.14. The molecule has 2 rings (SSSR count). The smallest absolute Gasteiger partial charge is 0.323 e. The largest absolute Gasteiger partial charge is 0.460 e. The molecule has 0 radical (unpaired) electrons. The predicted molar refractivity (Wildman–Crippen MR) is 79.0 cm³/mol. The SMILES string of the molecule is CC(C(=O)OCc1ccccc1)N1CCC=CC1CN. The molecule has 1 heterocycles. The van der Waals surface area contributed by atoms with Gasteiger partial charge in [-0.1, -0.05) is 42.5 Å². The summed E-state index contributed by atoms with van der Waals surface area (Å²) >= 11 is 0. The van der Waals surface area contributed by atoms with E-state index in [2.05, 4.69) is 17.1 Å². The summed E-state index contributed by atoms with van der Waals surface area (Å²) < 4.78 is 5.39. The number of esters is 1. The zero-order valence-corrected chi connectivity index (χ0v) is 11.9. The maximum atomic E-state index is 12.1.